The molecule has 5 rings (SSSR count). The number of carbonyl (C=O) groups is 2. The third kappa shape index (κ3) is 2.28. The number of hydrogen-bond acceptors (Lipinski definition) is 6. The summed E-state index contributed by atoms with van der Waals surface area (Å²) in [5, 5.41) is 9.85. The Morgan fingerprint density at radius 3 is 2.79 bits per heavy atom. The van der Waals surface area contributed by atoms with Gasteiger partial charge in [-0.15, -0.1) is 0 Å². The number of nitrogens with zero attached hydrogens (tertiary/aromatic N) is 5. The third-order valence-electron chi connectivity index (χ3n) is 6.05. The van der Waals surface area contributed by atoms with E-state index in [-0.39, 0.29) is 18.3 Å². The number of imide groups is 1. The zero-order valence-corrected chi connectivity index (χ0v) is 16.3. The minimum Gasteiger partial charge on any atom is -0.306 e. The van der Waals surface area contributed by atoms with Crippen molar-refractivity contribution < 1.29 is 18.0 Å². The van der Waals surface area contributed by atoms with E-state index in [0.717, 1.165) is 4.90 Å². The lowest BCUT2D eigenvalue weighted by atomic mass is 10.1. The fourth-order valence-electron chi connectivity index (χ4n) is 4.77. The number of sulfonamides is 1. The normalized spacial score (nSPS) is 26.4. The fraction of sp³-hybridized carbons (Fsp3) is 0.368. The molecule has 0 saturated carbocycles. The first-order chi connectivity index (χ1) is 13.9. The van der Waals surface area contributed by atoms with E-state index in [0.29, 0.717) is 28.6 Å². The summed E-state index contributed by atoms with van der Waals surface area (Å²) in [7, 11) is -3.46. The molecular formula is C19H17N5O4S. The SMILES string of the molecule is CCS(=O)(=O)N1C[C@H]2CC1[C@@H]1C(=O)N(c3ccc(C#N)c4ncccc34)C(=O)N21. The maximum Gasteiger partial charge on any atom is 0.332 e. The van der Waals surface area contributed by atoms with Crippen LogP contribution in [-0.4, -0.2) is 65.0 Å². The number of urea groups is 1. The van der Waals surface area contributed by atoms with Crippen molar-refractivity contribution in [3.8, 4) is 6.07 Å². The summed E-state index contributed by atoms with van der Waals surface area (Å²) in [4.78, 5) is 33.4. The number of hydrogen-bond donors (Lipinski definition) is 0. The van der Waals surface area contributed by atoms with E-state index in [1.807, 2.05) is 0 Å². The average Bonchev–Trinajstić information content (AvgIpc) is 3.39. The lowest BCUT2D eigenvalue weighted by Gasteiger charge is -2.33. The zero-order valence-electron chi connectivity index (χ0n) is 15.5. The van der Waals surface area contributed by atoms with Crippen LogP contribution < -0.4 is 4.90 Å². The minimum atomic E-state index is -3.46. The molecule has 1 aromatic carbocycles. The molecule has 9 nitrogen and oxygen atoms in total. The van der Waals surface area contributed by atoms with E-state index in [2.05, 4.69) is 11.1 Å². The molecule has 3 aliphatic rings. The molecule has 3 aliphatic heterocycles. The minimum absolute atomic E-state index is 0.0410. The van der Waals surface area contributed by atoms with Crippen LogP contribution >= 0.6 is 0 Å². The molecular weight excluding hydrogens is 394 g/mol. The molecule has 3 atom stereocenters. The molecule has 2 aromatic rings. The van der Waals surface area contributed by atoms with Crippen LogP contribution in [0.3, 0.4) is 0 Å². The average molecular weight is 411 g/mol. The summed E-state index contributed by atoms with van der Waals surface area (Å²) in [6.07, 6.45) is 2.03. The Balaban J connectivity index is 1.60. The van der Waals surface area contributed by atoms with Crippen molar-refractivity contribution in [1.82, 2.24) is 14.2 Å². The number of piperazine rings is 1. The van der Waals surface area contributed by atoms with Crippen LogP contribution in [0, 0.1) is 11.3 Å². The van der Waals surface area contributed by atoms with Gasteiger partial charge in [0.15, 0.2) is 0 Å². The van der Waals surface area contributed by atoms with Gasteiger partial charge in [-0.3, -0.25) is 9.78 Å². The van der Waals surface area contributed by atoms with Gasteiger partial charge in [0.1, 0.15) is 12.1 Å². The number of rotatable bonds is 3. The summed E-state index contributed by atoms with van der Waals surface area (Å²) >= 11 is 0. The topological polar surface area (TPSA) is 115 Å². The van der Waals surface area contributed by atoms with Crippen molar-refractivity contribution in [3.63, 3.8) is 0 Å². The summed E-state index contributed by atoms with van der Waals surface area (Å²) in [5.41, 5.74) is 1.13. The van der Waals surface area contributed by atoms with E-state index >= 15 is 0 Å². The number of benzene rings is 1. The lowest BCUT2D eigenvalue weighted by molar-refractivity contribution is -0.120. The molecule has 29 heavy (non-hydrogen) atoms. The maximum absolute atomic E-state index is 13.3. The van der Waals surface area contributed by atoms with Crippen LogP contribution in [0.25, 0.3) is 10.9 Å². The molecule has 3 fully saturated rings. The molecule has 1 unspecified atom stereocenters. The Labute approximate surface area is 167 Å². The summed E-state index contributed by atoms with van der Waals surface area (Å²) in [6, 6.07) is 6.47. The van der Waals surface area contributed by atoms with Gasteiger partial charge in [0.2, 0.25) is 10.0 Å². The maximum atomic E-state index is 13.3. The van der Waals surface area contributed by atoms with E-state index in [4.69, 9.17) is 0 Å². The van der Waals surface area contributed by atoms with Crippen LogP contribution in [0.4, 0.5) is 10.5 Å². The Kier molecular flexibility index (Phi) is 3.72. The Hall–Kier alpha value is -3.03. The highest BCUT2D eigenvalue weighted by Gasteiger charge is 2.63. The first kappa shape index (κ1) is 18.0. The number of carbonyl (C=O) groups excluding carboxylic acids is 2. The lowest BCUT2D eigenvalue weighted by Crippen LogP contribution is -2.55. The predicted molar refractivity (Wildman–Crippen MR) is 103 cm³/mol. The van der Waals surface area contributed by atoms with Crippen molar-refractivity contribution in [3.05, 3.63) is 36.0 Å². The molecule has 3 amide bonds. The molecule has 3 saturated heterocycles. The molecule has 1 aromatic heterocycles. The molecule has 0 aliphatic carbocycles. The standard InChI is InChI=1S/C19H17N5O4S/c1-2-29(27,28)22-10-12-8-15(22)17-18(25)24(19(26)23(12)17)14-6-5-11(9-20)16-13(14)4-3-7-21-16/h3-7,12,15,17H,2,8,10H2,1H3/t12-,15?,17-/m1/s1. The molecule has 4 heterocycles. The summed E-state index contributed by atoms with van der Waals surface area (Å²) in [6.45, 7) is 1.79. The quantitative estimate of drug-likeness (QED) is 0.698. The Morgan fingerprint density at radius 1 is 1.28 bits per heavy atom. The smallest absolute Gasteiger partial charge is 0.306 e. The number of nitriles is 1. The number of amides is 3. The van der Waals surface area contributed by atoms with Crippen molar-refractivity contribution in [2.24, 2.45) is 0 Å². The molecule has 0 spiro atoms. The van der Waals surface area contributed by atoms with Gasteiger partial charge in [-0.05, 0) is 37.6 Å². The van der Waals surface area contributed by atoms with Crippen LogP contribution in [0.2, 0.25) is 0 Å². The number of fused-ring (bicyclic) bond motifs is 6. The molecule has 2 bridgehead atoms. The van der Waals surface area contributed by atoms with Gasteiger partial charge in [0, 0.05) is 24.2 Å². The first-order valence-electron chi connectivity index (χ1n) is 9.32. The summed E-state index contributed by atoms with van der Waals surface area (Å²) in [5.74, 6) is -0.478. The van der Waals surface area contributed by atoms with Gasteiger partial charge < -0.3 is 4.90 Å². The zero-order chi connectivity index (χ0) is 20.5. The van der Waals surface area contributed by atoms with Gasteiger partial charge >= 0.3 is 6.03 Å². The highest BCUT2D eigenvalue weighted by molar-refractivity contribution is 7.89. The van der Waals surface area contributed by atoms with E-state index in [9.17, 15) is 23.3 Å². The number of anilines is 1. The monoisotopic (exact) mass is 411 g/mol. The highest BCUT2D eigenvalue weighted by atomic mass is 32.2. The van der Waals surface area contributed by atoms with Gasteiger partial charge in [-0.1, -0.05) is 0 Å². The number of aromatic nitrogens is 1. The third-order valence-corrected chi connectivity index (χ3v) is 7.91. The van der Waals surface area contributed by atoms with Crippen LogP contribution in [0.1, 0.15) is 18.9 Å². The van der Waals surface area contributed by atoms with Crippen LogP contribution in [0.15, 0.2) is 30.5 Å². The van der Waals surface area contributed by atoms with Crippen LogP contribution in [0.5, 0.6) is 0 Å². The van der Waals surface area contributed by atoms with E-state index < -0.39 is 34.0 Å². The van der Waals surface area contributed by atoms with Crippen molar-refractivity contribution >= 4 is 38.6 Å². The molecule has 0 radical (unpaired) electrons. The van der Waals surface area contributed by atoms with E-state index in [1.165, 1.54) is 15.3 Å². The predicted octanol–water partition coefficient (Wildman–Crippen LogP) is 1.05. The highest BCUT2D eigenvalue weighted by Crippen LogP contribution is 2.44. The van der Waals surface area contributed by atoms with Gasteiger partial charge in [0.05, 0.1) is 28.6 Å². The van der Waals surface area contributed by atoms with Gasteiger partial charge in [0.25, 0.3) is 5.91 Å². The van der Waals surface area contributed by atoms with Crippen LogP contribution in [-0.2, 0) is 14.8 Å². The first-order valence-corrected chi connectivity index (χ1v) is 10.9. The van der Waals surface area contributed by atoms with Crippen molar-refractivity contribution in [2.75, 3.05) is 17.2 Å². The fourth-order valence-corrected chi connectivity index (χ4v) is 6.11. The second-order valence-corrected chi connectivity index (χ2v) is 9.59. The van der Waals surface area contributed by atoms with Crippen molar-refractivity contribution in [1.29, 1.82) is 5.26 Å². The molecule has 148 valence electrons. The molecule has 0 N–H and O–H groups in total. The van der Waals surface area contributed by atoms with Gasteiger partial charge in [-0.2, -0.15) is 9.57 Å². The Bertz CT molecular complexity index is 1220. The summed E-state index contributed by atoms with van der Waals surface area (Å²) < 4.78 is 26.2. The Morgan fingerprint density at radius 2 is 2.07 bits per heavy atom. The van der Waals surface area contributed by atoms with Crippen molar-refractivity contribution in [2.45, 2.75) is 31.5 Å². The second kappa shape index (κ2) is 5.98. The van der Waals surface area contributed by atoms with E-state index in [1.54, 1.807) is 31.3 Å². The largest absolute Gasteiger partial charge is 0.332 e. The number of pyridine rings is 1. The second-order valence-electron chi connectivity index (χ2n) is 7.38. The van der Waals surface area contributed by atoms with Gasteiger partial charge in [-0.25, -0.2) is 18.1 Å². The molecule has 10 heteroatoms.